The van der Waals surface area contributed by atoms with Gasteiger partial charge in [-0.25, -0.2) is 0 Å². The average molecular weight is 800 g/mol. The van der Waals surface area contributed by atoms with Crippen molar-refractivity contribution in [1.82, 2.24) is 0 Å². The first kappa shape index (κ1) is 38.2. The zero-order valence-electron chi connectivity index (χ0n) is 36.7. The van der Waals surface area contributed by atoms with E-state index in [2.05, 4.69) is 253 Å². The molecule has 302 valence electrons. The number of benzene rings is 7. The van der Waals surface area contributed by atoms with Gasteiger partial charge in [0.2, 0.25) is 0 Å². The first-order valence-corrected chi connectivity index (χ1v) is 22.3. The van der Waals surface area contributed by atoms with Crippen molar-refractivity contribution in [3.63, 3.8) is 0 Å². The molecule has 0 fully saturated rings. The fraction of sp³-hybridized carbons (Fsp3) is 0.180. The second-order valence-corrected chi connectivity index (χ2v) is 19.1. The van der Waals surface area contributed by atoms with E-state index in [4.69, 9.17) is 0 Å². The largest absolute Gasteiger partial charge is 0.324 e. The fourth-order valence-electron chi connectivity index (χ4n) is 11.4. The molecule has 0 spiro atoms. The van der Waals surface area contributed by atoms with Gasteiger partial charge < -0.3 is 4.90 Å². The third-order valence-electron chi connectivity index (χ3n) is 14.9. The van der Waals surface area contributed by atoms with E-state index in [9.17, 15) is 0 Å². The van der Waals surface area contributed by atoms with Crippen molar-refractivity contribution in [2.24, 2.45) is 0 Å². The second-order valence-electron chi connectivity index (χ2n) is 19.1. The van der Waals surface area contributed by atoms with Gasteiger partial charge in [-0.2, -0.15) is 0 Å². The molecular formula is C61H53N. The molecule has 62 heavy (non-hydrogen) atoms. The molecule has 0 aromatic heterocycles. The van der Waals surface area contributed by atoms with Crippen LogP contribution in [0.1, 0.15) is 94.8 Å². The number of hydrogen-bond acceptors (Lipinski definition) is 1. The maximum Gasteiger partial charge on any atom is 0.0596 e. The van der Waals surface area contributed by atoms with Crippen LogP contribution in [0.15, 0.2) is 207 Å². The lowest BCUT2D eigenvalue weighted by atomic mass is 9.70. The van der Waals surface area contributed by atoms with E-state index in [0.29, 0.717) is 0 Å². The lowest BCUT2D eigenvalue weighted by molar-refractivity contribution is 0.651. The van der Waals surface area contributed by atoms with Gasteiger partial charge in [0.15, 0.2) is 0 Å². The Morgan fingerprint density at radius 3 is 1.23 bits per heavy atom. The van der Waals surface area contributed by atoms with Crippen molar-refractivity contribution in [2.45, 2.75) is 69.1 Å². The summed E-state index contributed by atoms with van der Waals surface area (Å²) in [4.78, 5) is 2.30. The summed E-state index contributed by atoms with van der Waals surface area (Å²) in [5.41, 5.74) is 20.7. The molecule has 0 amide bonds. The van der Waals surface area contributed by atoms with E-state index in [1.807, 2.05) is 0 Å². The summed E-state index contributed by atoms with van der Waals surface area (Å²) in [7, 11) is 0. The van der Waals surface area contributed by atoms with E-state index >= 15 is 0 Å². The molecule has 11 rings (SSSR count). The molecule has 0 bridgehead atoms. The third kappa shape index (κ3) is 5.60. The minimum atomic E-state index is -0.330. The number of rotatable bonds is 6. The minimum Gasteiger partial charge on any atom is -0.324 e. The normalized spacial score (nSPS) is 18.0. The van der Waals surface area contributed by atoms with Gasteiger partial charge in [0.05, 0.1) is 10.8 Å². The van der Waals surface area contributed by atoms with Crippen molar-refractivity contribution < 1.29 is 0 Å². The highest BCUT2D eigenvalue weighted by atomic mass is 15.1. The standard InChI is InChI=1S/C61H53N/c1-41-35-44(43-27-29-60(30-28-43,45-19-11-7-12-20-45)46-21-13-8-14-22-46)37-54-56(41)50-39-53-51(40-52(50)58(54,3)4)57-42(2)36-49(38-55(57)59(53,5)6)62-33-31-61(32-34-62,47-23-15-9-16-24-47)48-25-17-10-18-26-48/h7-40,43H,1-6H3. The molecule has 0 atom stereocenters. The molecule has 0 unspecified atom stereocenters. The monoisotopic (exact) mass is 799 g/mol. The van der Waals surface area contributed by atoms with E-state index in [0.717, 1.165) is 0 Å². The topological polar surface area (TPSA) is 3.24 Å². The van der Waals surface area contributed by atoms with Crippen molar-refractivity contribution in [3.8, 4) is 22.3 Å². The SMILES string of the molecule is Cc1cc(C2C=CC(c3ccccc3)(c3ccccc3)C=C2)cc2c1-c1cc3c(cc1C2(C)C)-c1c(C)cc(N2C=CC(c4ccccc4)(c4ccccc4)C=C2)cc1C3(C)C. The highest BCUT2D eigenvalue weighted by Gasteiger charge is 2.43. The van der Waals surface area contributed by atoms with Crippen molar-refractivity contribution in [3.05, 3.63) is 268 Å². The Balaban J connectivity index is 0.936. The van der Waals surface area contributed by atoms with E-state index < -0.39 is 0 Å². The molecule has 0 saturated carbocycles. The second kappa shape index (κ2) is 13.9. The molecule has 0 saturated heterocycles. The van der Waals surface area contributed by atoms with E-state index in [-0.39, 0.29) is 27.6 Å². The molecule has 0 radical (unpaired) electrons. The maximum absolute atomic E-state index is 2.56. The number of nitrogens with zero attached hydrogens (tertiary/aromatic N) is 1. The molecule has 1 aliphatic heterocycles. The first-order valence-electron chi connectivity index (χ1n) is 22.3. The summed E-state index contributed by atoms with van der Waals surface area (Å²) in [5, 5.41) is 0. The van der Waals surface area contributed by atoms with Gasteiger partial charge in [-0.15, -0.1) is 0 Å². The minimum absolute atomic E-state index is 0.144. The van der Waals surface area contributed by atoms with Gasteiger partial charge >= 0.3 is 0 Å². The van der Waals surface area contributed by atoms with Crippen LogP contribution in [-0.2, 0) is 21.7 Å². The van der Waals surface area contributed by atoms with Gasteiger partial charge in [-0.05, 0) is 134 Å². The zero-order valence-corrected chi connectivity index (χ0v) is 36.7. The molecule has 1 nitrogen and oxygen atoms in total. The van der Waals surface area contributed by atoms with Crippen LogP contribution in [0.2, 0.25) is 0 Å². The summed E-state index contributed by atoms with van der Waals surface area (Å²) >= 11 is 0. The van der Waals surface area contributed by atoms with Crippen molar-refractivity contribution in [1.29, 1.82) is 0 Å². The quantitative estimate of drug-likeness (QED) is 0.151. The molecule has 3 aliphatic carbocycles. The molecule has 7 aromatic rings. The smallest absolute Gasteiger partial charge is 0.0596 e. The van der Waals surface area contributed by atoms with Crippen LogP contribution in [0.3, 0.4) is 0 Å². The molecule has 7 aromatic carbocycles. The first-order chi connectivity index (χ1) is 30.0. The summed E-state index contributed by atoms with van der Waals surface area (Å²) in [6, 6.07) is 58.5. The summed E-state index contributed by atoms with van der Waals surface area (Å²) in [5.74, 6) is 0.199. The van der Waals surface area contributed by atoms with Gasteiger partial charge in [0.1, 0.15) is 0 Å². The Morgan fingerprint density at radius 2 is 0.790 bits per heavy atom. The zero-order chi connectivity index (χ0) is 42.4. The number of aryl methyl sites for hydroxylation is 2. The molecule has 1 heterocycles. The molecule has 0 N–H and O–H groups in total. The Hall–Kier alpha value is -6.70. The van der Waals surface area contributed by atoms with Crippen LogP contribution in [0.5, 0.6) is 0 Å². The van der Waals surface area contributed by atoms with Crippen molar-refractivity contribution >= 4 is 5.69 Å². The Morgan fingerprint density at radius 1 is 0.403 bits per heavy atom. The Kier molecular flexibility index (Phi) is 8.58. The van der Waals surface area contributed by atoms with Crippen LogP contribution < -0.4 is 4.90 Å². The Bertz CT molecular complexity index is 2690. The van der Waals surface area contributed by atoms with Crippen molar-refractivity contribution in [2.75, 3.05) is 4.90 Å². The summed E-state index contributed by atoms with van der Waals surface area (Å²) < 4.78 is 0. The maximum atomic E-state index is 2.56. The lowest BCUT2D eigenvalue weighted by Crippen LogP contribution is -2.28. The lowest BCUT2D eigenvalue weighted by Gasteiger charge is -2.34. The third-order valence-corrected chi connectivity index (χ3v) is 14.9. The van der Waals surface area contributed by atoms with Gasteiger partial charge in [0.25, 0.3) is 0 Å². The Labute approximate surface area is 368 Å². The van der Waals surface area contributed by atoms with Gasteiger partial charge in [0, 0.05) is 34.8 Å². The van der Waals surface area contributed by atoms with Gasteiger partial charge in [-0.1, -0.05) is 185 Å². The van der Waals surface area contributed by atoms with Gasteiger partial charge in [-0.3, -0.25) is 0 Å². The summed E-state index contributed by atoms with van der Waals surface area (Å²) in [6.45, 7) is 14.4. The van der Waals surface area contributed by atoms with Crippen LogP contribution >= 0.6 is 0 Å². The fourth-order valence-corrected chi connectivity index (χ4v) is 11.4. The van der Waals surface area contributed by atoms with Crippen LogP contribution in [0, 0.1) is 13.8 Å². The summed E-state index contributed by atoms with van der Waals surface area (Å²) in [6.07, 6.45) is 19.0. The molecule has 1 heteroatoms. The van der Waals surface area contributed by atoms with Crippen LogP contribution in [-0.4, -0.2) is 0 Å². The highest BCUT2D eigenvalue weighted by Crippen LogP contribution is 2.58. The molecule has 4 aliphatic rings. The average Bonchev–Trinajstić information content (AvgIpc) is 3.68. The van der Waals surface area contributed by atoms with Crippen LogP contribution in [0.4, 0.5) is 5.69 Å². The number of anilines is 1. The predicted octanol–water partition coefficient (Wildman–Crippen LogP) is 14.9. The number of hydrogen-bond donors (Lipinski definition) is 0. The number of allylic oxidation sites excluding steroid dienone is 6. The predicted molar refractivity (Wildman–Crippen MR) is 260 cm³/mol. The van der Waals surface area contributed by atoms with Crippen LogP contribution in [0.25, 0.3) is 22.3 Å². The number of fused-ring (bicyclic) bond motifs is 6. The van der Waals surface area contributed by atoms with E-state index in [1.165, 1.54) is 89.1 Å². The van der Waals surface area contributed by atoms with E-state index in [1.54, 1.807) is 0 Å². The highest BCUT2D eigenvalue weighted by molar-refractivity contribution is 5.92. The molecular weight excluding hydrogens is 747 g/mol.